The fourth-order valence-corrected chi connectivity index (χ4v) is 2.66. The van der Waals surface area contributed by atoms with E-state index < -0.39 is 0 Å². The van der Waals surface area contributed by atoms with Gasteiger partial charge in [-0.15, -0.1) is 0 Å². The number of nitrogens with one attached hydrogen (secondary N) is 1. The Balaban J connectivity index is 2.43. The second kappa shape index (κ2) is 7.48. The predicted octanol–water partition coefficient (Wildman–Crippen LogP) is 4.75. The monoisotopic (exact) mass is 303 g/mol. The lowest BCUT2D eigenvalue weighted by molar-refractivity contribution is 0.414. The summed E-state index contributed by atoms with van der Waals surface area (Å²) < 4.78 is 5.35. The van der Waals surface area contributed by atoms with Crippen LogP contribution in [0.2, 0.25) is 5.02 Å². The molecule has 0 aliphatic heterocycles. The first-order valence-electron chi connectivity index (χ1n) is 7.29. The minimum atomic E-state index is 0.150. The zero-order chi connectivity index (χ0) is 15.2. The lowest BCUT2D eigenvalue weighted by Gasteiger charge is -2.22. The molecule has 2 aromatic rings. The van der Waals surface area contributed by atoms with E-state index in [0.717, 1.165) is 13.0 Å². The van der Waals surface area contributed by atoms with Crippen LogP contribution in [0.25, 0.3) is 0 Å². The van der Waals surface area contributed by atoms with E-state index >= 15 is 0 Å². The molecular weight excluding hydrogens is 282 g/mol. The van der Waals surface area contributed by atoms with E-state index in [-0.39, 0.29) is 6.04 Å². The standard InChI is InChI=1S/C18H22ClNO/c1-4-11-20-18(15-8-6-5-7-13(15)2)14-9-10-16(19)17(12-14)21-3/h5-10,12,18,20H,4,11H2,1-3H3. The van der Waals surface area contributed by atoms with Crippen LogP contribution < -0.4 is 10.1 Å². The third-order valence-electron chi connectivity index (χ3n) is 3.61. The first-order chi connectivity index (χ1) is 10.2. The van der Waals surface area contributed by atoms with Crippen molar-refractivity contribution in [2.45, 2.75) is 26.3 Å². The molecule has 3 heteroatoms. The molecule has 0 saturated carbocycles. The van der Waals surface area contributed by atoms with Gasteiger partial charge in [0.15, 0.2) is 0 Å². The molecule has 1 unspecified atom stereocenters. The maximum absolute atomic E-state index is 6.14. The summed E-state index contributed by atoms with van der Waals surface area (Å²) in [5, 5.41) is 4.25. The van der Waals surface area contributed by atoms with Gasteiger partial charge < -0.3 is 10.1 Å². The molecule has 1 N–H and O–H groups in total. The Labute approximate surface area is 132 Å². The lowest BCUT2D eigenvalue weighted by Crippen LogP contribution is -2.24. The fraction of sp³-hybridized carbons (Fsp3) is 0.333. The van der Waals surface area contributed by atoms with Gasteiger partial charge in [0.25, 0.3) is 0 Å². The Bertz CT molecular complexity index is 598. The van der Waals surface area contributed by atoms with Crippen LogP contribution in [0.5, 0.6) is 5.75 Å². The highest BCUT2D eigenvalue weighted by atomic mass is 35.5. The van der Waals surface area contributed by atoms with Crippen LogP contribution in [-0.4, -0.2) is 13.7 Å². The van der Waals surface area contributed by atoms with E-state index in [1.54, 1.807) is 7.11 Å². The van der Waals surface area contributed by atoms with Crippen LogP contribution in [-0.2, 0) is 0 Å². The summed E-state index contributed by atoms with van der Waals surface area (Å²) in [6.45, 7) is 5.28. The van der Waals surface area contributed by atoms with Crippen molar-refractivity contribution in [2.75, 3.05) is 13.7 Å². The van der Waals surface area contributed by atoms with Gasteiger partial charge in [-0.3, -0.25) is 0 Å². The third kappa shape index (κ3) is 3.78. The van der Waals surface area contributed by atoms with E-state index in [2.05, 4.69) is 49.5 Å². The molecule has 0 aromatic heterocycles. The van der Waals surface area contributed by atoms with Crippen LogP contribution in [0.4, 0.5) is 0 Å². The maximum Gasteiger partial charge on any atom is 0.137 e. The predicted molar refractivity (Wildman–Crippen MR) is 89.3 cm³/mol. The van der Waals surface area contributed by atoms with Gasteiger partial charge in [0.2, 0.25) is 0 Å². The van der Waals surface area contributed by atoms with Crippen molar-refractivity contribution in [3.8, 4) is 5.75 Å². The topological polar surface area (TPSA) is 21.3 Å². The number of methoxy groups -OCH3 is 1. The smallest absolute Gasteiger partial charge is 0.137 e. The molecule has 112 valence electrons. The van der Waals surface area contributed by atoms with Crippen LogP contribution in [0.3, 0.4) is 0 Å². The van der Waals surface area contributed by atoms with Gasteiger partial charge in [0.05, 0.1) is 18.2 Å². The Kier molecular flexibility index (Phi) is 5.66. The van der Waals surface area contributed by atoms with Crippen LogP contribution in [0.15, 0.2) is 42.5 Å². The lowest BCUT2D eigenvalue weighted by atomic mass is 9.94. The van der Waals surface area contributed by atoms with Gasteiger partial charge >= 0.3 is 0 Å². The summed E-state index contributed by atoms with van der Waals surface area (Å²) in [6, 6.07) is 14.6. The highest BCUT2D eigenvalue weighted by Gasteiger charge is 2.16. The minimum Gasteiger partial charge on any atom is -0.495 e. The molecule has 2 aromatic carbocycles. The SMILES string of the molecule is CCCNC(c1ccc(Cl)c(OC)c1)c1ccccc1C. The first kappa shape index (κ1) is 15.9. The van der Waals surface area contributed by atoms with Crippen LogP contribution in [0, 0.1) is 6.92 Å². The van der Waals surface area contributed by atoms with Crippen molar-refractivity contribution in [1.82, 2.24) is 5.32 Å². The number of aryl methyl sites for hydroxylation is 1. The normalized spacial score (nSPS) is 12.2. The molecule has 0 bridgehead atoms. The Morgan fingerprint density at radius 1 is 1.19 bits per heavy atom. The third-order valence-corrected chi connectivity index (χ3v) is 3.92. The number of benzene rings is 2. The average molecular weight is 304 g/mol. The minimum absolute atomic E-state index is 0.150. The van der Waals surface area contributed by atoms with Gasteiger partial charge in [-0.25, -0.2) is 0 Å². The van der Waals surface area contributed by atoms with Crippen molar-refractivity contribution in [3.05, 3.63) is 64.2 Å². The average Bonchev–Trinajstić information content (AvgIpc) is 2.50. The molecule has 0 aliphatic rings. The van der Waals surface area contributed by atoms with Crippen molar-refractivity contribution >= 4 is 11.6 Å². The fourth-order valence-electron chi connectivity index (χ4n) is 2.46. The zero-order valence-corrected chi connectivity index (χ0v) is 13.6. The van der Waals surface area contributed by atoms with E-state index in [4.69, 9.17) is 16.3 Å². The molecule has 0 saturated heterocycles. The molecule has 0 aliphatic carbocycles. The quantitative estimate of drug-likeness (QED) is 0.832. The zero-order valence-electron chi connectivity index (χ0n) is 12.8. The Hall–Kier alpha value is -1.51. The second-order valence-electron chi connectivity index (χ2n) is 5.14. The van der Waals surface area contributed by atoms with Gasteiger partial charge in [-0.2, -0.15) is 0 Å². The molecule has 2 rings (SSSR count). The van der Waals surface area contributed by atoms with Crippen molar-refractivity contribution in [3.63, 3.8) is 0 Å². The maximum atomic E-state index is 6.14. The second-order valence-corrected chi connectivity index (χ2v) is 5.54. The Morgan fingerprint density at radius 2 is 1.95 bits per heavy atom. The molecule has 0 heterocycles. The molecule has 2 nitrogen and oxygen atoms in total. The molecule has 0 spiro atoms. The van der Waals surface area contributed by atoms with Gasteiger partial charge in [-0.1, -0.05) is 48.9 Å². The van der Waals surface area contributed by atoms with E-state index in [1.807, 2.05) is 12.1 Å². The number of ether oxygens (including phenoxy) is 1. The molecule has 1 atom stereocenters. The first-order valence-corrected chi connectivity index (χ1v) is 7.67. The van der Waals surface area contributed by atoms with E-state index in [0.29, 0.717) is 10.8 Å². The largest absolute Gasteiger partial charge is 0.495 e. The van der Waals surface area contributed by atoms with E-state index in [1.165, 1.54) is 16.7 Å². The van der Waals surface area contributed by atoms with Crippen molar-refractivity contribution < 1.29 is 4.74 Å². The number of halogens is 1. The van der Waals surface area contributed by atoms with Crippen LogP contribution >= 0.6 is 11.6 Å². The summed E-state index contributed by atoms with van der Waals surface area (Å²) in [7, 11) is 1.65. The molecule has 0 amide bonds. The van der Waals surface area contributed by atoms with Crippen molar-refractivity contribution in [2.24, 2.45) is 0 Å². The van der Waals surface area contributed by atoms with Gasteiger partial charge in [0.1, 0.15) is 5.75 Å². The molecule has 21 heavy (non-hydrogen) atoms. The van der Waals surface area contributed by atoms with Gasteiger partial charge in [0, 0.05) is 0 Å². The molecule has 0 fully saturated rings. The summed E-state index contributed by atoms with van der Waals surface area (Å²) in [4.78, 5) is 0. The summed E-state index contributed by atoms with van der Waals surface area (Å²) in [5.41, 5.74) is 3.73. The van der Waals surface area contributed by atoms with Crippen LogP contribution in [0.1, 0.15) is 36.1 Å². The highest BCUT2D eigenvalue weighted by Crippen LogP contribution is 2.31. The number of rotatable bonds is 6. The van der Waals surface area contributed by atoms with E-state index in [9.17, 15) is 0 Å². The highest BCUT2D eigenvalue weighted by molar-refractivity contribution is 6.32. The summed E-state index contributed by atoms with van der Waals surface area (Å²) >= 11 is 6.14. The summed E-state index contributed by atoms with van der Waals surface area (Å²) in [5.74, 6) is 0.714. The molecule has 0 radical (unpaired) electrons. The van der Waals surface area contributed by atoms with Gasteiger partial charge in [-0.05, 0) is 48.7 Å². The summed E-state index contributed by atoms with van der Waals surface area (Å²) in [6.07, 6.45) is 1.09. The Morgan fingerprint density at radius 3 is 2.62 bits per heavy atom. The van der Waals surface area contributed by atoms with Crippen molar-refractivity contribution in [1.29, 1.82) is 0 Å². The number of hydrogen-bond acceptors (Lipinski definition) is 2. The number of hydrogen-bond donors (Lipinski definition) is 1. The molecular formula is C18H22ClNO.